The Kier molecular flexibility index (Phi) is 9.17. The standard InChI is InChI=1S/C16H35BO5Si2/c1-8-9-10-11-19-23(4,5)22-24(6,7)21-15-13(2)16(17)20-14(15)12-18-3/h13-16H,8-12H2,1-7H3/t13?,14-,15?,16-/m1/s1. The average molecular weight is 374 g/mol. The summed E-state index contributed by atoms with van der Waals surface area (Å²) in [5, 5.41) is 0. The molecule has 1 aliphatic rings. The predicted octanol–water partition coefficient (Wildman–Crippen LogP) is 3.17. The van der Waals surface area contributed by atoms with Crippen LogP contribution in [0.2, 0.25) is 26.2 Å². The zero-order valence-corrected chi connectivity index (χ0v) is 18.5. The first-order valence-corrected chi connectivity index (χ1v) is 14.7. The van der Waals surface area contributed by atoms with Gasteiger partial charge in [0.25, 0.3) is 0 Å². The summed E-state index contributed by atoms with van der Waals surface area (Å²) < 4.78 is 29.8. The summed E-state index contributed by atoms with van der Waals surface area (Å²) in [6.07, 6.45) is 3.21. The number of rotatable bonds is 11. The number of hydrogen-bond acceptors (Lipinski definition) is 5. The first kappa shape index (κ1) is 22.3. The predicted molar refractivity (Wildman–Crippen MR) is 102 cm³/mol. The molecule has 4 atom stereocenters. The molecule has 0 aliphatic carbocycles. The quantitative estimate of drug-likeness (QED) is 0.411. The van der Waals surface area contributed by atoms with Crippen LogP contribution < -0.4 is 0 Å². The molecule has 140 valence electrons. The summed E-state index contributed by atoms with van der Waals surface area (Å²) in [5.74, 6) is 0.107. The van der Waals surface area contributed by atoms with Crippen molar-refractivity contribution in [1.82, 2.24) is 0 Å². The van der Waals surface area contributed by atoms with Gasteiger partial charge in [0.2, 0.25) is 0 Å². The van der Waals surface area contributed by atoms with Gasteiger partial charge >= 0.3 is 17.1 Å². The molecule has 0 bridgehead atoms. The largest absolute Gasteiger partial charge is 0.415 e. The van der Waals surface area contributed by atoms with E-state index in [4.69, 9.17) is 30.3 Å². The van der Waals surface area contributed by atoms with E-state index in [1.54, 1.807) is 7.11 Å². The maximum absolute atomic E-state index is 6.40. The molecule has 5 nitrogen and oxygen atoms in total. The maximum atomic E-state index is 6.40. The lowest BCUT2D eigenvalue weighted by Crippen LogP contribution is -2.52. The Bertz CT molecular complexity index is 370. The normalized spacial score (nSPS) is 28.5. The molecule has 1 aliphatic heterocycles. The third-order valence-corrected chi connectivity index (χ3v) is 9.85. The van der Waals surface area contributed by atoms with Crippen LogP contribution in [0.1, 0.15) is 33.1 Å². The summed E-state index contributed by atoms with van der Waals surface area (Å²) >= 11 is 0. The molecular formula is C16H35BO5Si2. The number of ether oxygens (including phenoxy) is 2. The fourth-order valence-corrected chi connectivity index (χ4v) is 9.87. The van der Waals surface area contributed by atoms with Crippen molar-refractivity contribution < 1.29 is 22.4 Å². The van der Waals surface area contributed by atoms with Gasteiger partial charge < -0.3 is 22.4 Å². The van der Waals surface area contributed by atoms with Gasteiger partial charge in [-0.2, -0.15) is 0 Å². The average Bonchev–Trinajstić information content (AvgIpc) is 2.70. The van der Waals surface area contributed by atoms with Crippen molar-refractivity contribution in [1.29, 1.82) is 0 Å². The Balaban J connectivity index is 2.59. The van der Waals surface area contributed by atoms with Crippen LogP contribution in [0.5, 0.6) is 0 Å². The van der Waals surface area contributed by atoms with E-state index in [-0.39, 0.29) is 24.1 Å². The first-order valence-electron chi connectivity index (χ1n) is 9.04. The molecule has 2 unspecified atom stereocenters. The summed E-state index contributed by atoms with van der Waals surface area (Å²) in [5.41, 5.74) is 0. The van der Waals surface area contributed by atoms with Gasteiger partial charge in [-0.15, -0.1) is 0 Å². The highest BCUT2D eigenvalue weighted by Gasteiger charge is 2.45. The molecule has 0 spiro atoms. The van der Waals surface area contributed by atoms with E-state index in [0.29, 0.717) is 6.61 Å². The lowest BCUT2D eigenvalue weighted by atomic mass is 9.86. The number of methoxy groups -OCH3 is 1. The van der Waals surface area contributed by atoms with E-state index in [2.05, 4.69) is 40.0 Å². The molecule has 0 aromatic carbocycles. The summed E-state index contributed by atoms with van der Waals surface area (Å²) in [7, 11) is 3.12. The van der Waals surface area contributed by atoms with Crippen molar-refractivity contribution in [2.75, 3.05) is 20.3 Å². The lowest BCUT2D eigenvalue weighted by molar-refractivity contribution is -0.0181. The Hall–Kier alpha value is 0.299. The Morgan fingerprint density at radius 1 is 1.08 bits per heavy atom. The second-order valence-electron chi connectivity index (χ2n) is 7.49. The van der Waals surface area contributed by atoms with Crippen LogP contribution in [-0.2, 0) is 22.4 Å². The van der Waals surface area contributed by atoms with Gasteiger partial charge in [-0.1, -0.05) is 26.7 Å². The highest BCUT2D eigenvalue weighted by atomic mass is 28.5. The van der Waals surface area contributed by atoms with Crippen molar-refractivity contribution in [3.63, 3.8) is 0 Å². The highest BCUT2D eigenvalue weighted by molar-refractivity contribution is 6.78. The van der Waals surface area contributed by atoms with Gasteiger partial charge in [0.15, 0.2) is 0 Å². The first-order chi connectivity index (χ1) is 11.1. The third-order valence-electron chi connectivity index (χ3n) is 4.17. The van der Waals surface area contributed by atoms with Crippen molar-refractivity contribution >= 4 is 25.0 Å². The lowest BCUT2D eigenvalue weighted by Gasteiger charge is -2.36. The van der Waals surface area contributed by atoms with Gasteiger partial charge in [-0.25, -0.2) is 0 Å². The fourth-order valence-electron chi connectivity index (χ4n) is 3.05. The minimum atomic E-state index is -2.37. The molecular weight excluding hydrogens is 339 g/mol. The van der Waals surface area contributed by atoms with Gasteiger partial charge in [0.1, 0.15) is 14.0 Å². The van der Waals surface area contributed by atoms with Crippen LogP contribution >= 0.6 is 0 Å². The Labute approximate surface area is 151 Å². The zero-order chi connectivity index (χ0) is 18.4. The molecule has 0 aromatic heterocycles. The highest BCUT2D eigenvalue weighted by Crippen LogP contribution is 2.31. The van der Waals surface area contributed by atoms with Gasteiger partial charge in [-0.05, 0) is 32.6 Å². The van der Waals surface area contributed by atoms with Crippen LogP contribution in [0.3, 0.4) is 0 Å². The van der Waals surface area contributed by atoms with Crippen LogP contribution in [0.15, 0.2) is 0 Å². The van der Waals surface area contributed by atoms with Crippen LogP contribution in [-0.4, -0.2) is 63.5 Å². The topological polar surface area (TPSA) is 46.2 Å². The van der Waals surface area contributed by atoms with Gasteiger partial charge in [0.05, 0.1) is 12.7 Å². The molecule has 0 N–H and O–H groups in total. The van der Waals surface area contributed by atoms with E-state index in [9.17, 15) is 0 Å². The minimum absolute atomic E-state index is 0.105. The van der Waals surface area contributed by atoms with Crippen molar-refractivity contribution in [2.24, 2.45) is 5.92 Å². The molecule has 24 heavy (non-hydrogen) atoms. The molecule has 1 heterocycles. The third kappa shape index (κ3) is 7.27. The van der Waals surface area contributed by atoms with E-state index in [0.717, 1.165) is 13.0 Å². The molecule has 1 fully saturated rings. The zero-order valence-electron chi connectivity index (χ0n) is 16.5. The molecule has 2 radical (unpaired) electrons. The molecule has 0 aromatic rings. The van der Waals surface area contributed by atoms with Crippen LogP contribution in [0.25, 0.3) is 0 Å². The second kappa shape index (κ2) is 9.85. The fraction of sp³-hybridized carbons (Fsp3) is 1.00. The minimum Gasteiger partial charge on any atom is -0.415 e. The number of hydrogen-bond donors (Lipinski definition) is 0. The van der Waals surface area contributed by atoms with E-state index < -0.39 is 17.1 Å². The van der Waals surface area contributed by atoms with Crippen molar-refractivity contribution in [3.8, 4) is 0 Å². The second-order valence-corrected chi connectivity index (χ2v) is 14.4. The molecule has 1 rings (SSSR count). The summed E-state index contributed by atoms with van der Waals surface area (Å²) in [4.78, 5) is 0. The summed E-state index contributed by atoms with van der Waals surface area (Å²) in [6.45, 7) is 13.8. The SMILES string of the molecule is [B][C@@H]1O[C@H](COC)C(O[Si](C)(C)O[Si](C)(C)OCCCCC)C1C. The molecule has 1 saturated heterocycles. The van der Waals surface area contributed by atoms with Crippen LogP contribution in [0.4, 0.5) is 0 Å². The van der Waals surface area contributed by atoms with Crippen molar-refractivity contribution in [3.05, 3.63) is 0 Å². The Morgan fingerprint density at radius 3 is 2.33 bits per heavy atom. The van der Waals surface area contributed by atoms with Gasteiger partial charge in [0, 0.05) is 25.6 Å². The monoisotopic (exact) mass is 374 g/mol. The van der Waals surface area contributed by atoms with Gasteiger partial charge in [-0.3, -0.25) is 0 Å². The molecule has 0 saturated carbocycles. The number of unbranched alkanes of at least 4 members (excludes halogenated alkanes) is 2. The Morgan fingerprint density at radius 2 is 1.75 bits per heavy atom. The van der Waals surface area contributed by atoms with E-state index >= 15 is 0 Å². The van der Waals surface area contributed by atoms with E-state index in [1.165, 1.54) is 12.8 Å². The van der Waals surface area contributed by atoms with E-state index in [1.807, 2.05) is 0 Å². The van der Waals surface area contributed by atoms with Crippen LogP contribution in [0, 0.1) is 5.92 Å². The van der Waals surface area contributed by atoms with Crippen molar-refractivity contribution in [2.45, 2.75) is 77.5 Å². The maximum Gasteiger partial charge on any atom is 0.323 e. The molecule has 0 amide bonds. The summed E-state index contributed by atoms with van der Waals surface area (Å²) in [6, 6.07) is -0.324. The molecule has 8 heteroatoms. The smallest absolute Gasteiger partial charge is 0.323 e.